The second-order valence-corrected chi connectivity index (χ2v) is 5.69. The SMILES string of the molecule is CCc1ccc(NC(=O)Cn2nc(C)c3ccccc3c2=O)cc1. The minimum absolute atomic E-state index is 0.111. The molecule has 0 aliphatic carbocycles. The Bertz CT molecular complexity index is 943. The van der Waals surface area contributed by atoms with E-state index in [9.17, 15) is 9.59 Å². The zero-order valence-corrected chi connectivity index (χ0v) is 13.7. The number of fused-ring (bicyclic) bond motifs is 1. The van der Waals surface area contributed by atoms with E-state index in [-0.39, 0.29) is 18.0 Å². The molecule has 0 unspecified atom stereocenters. The summed E-state index contributed by atoms with van der Waals surface area (Å²) < 4.78 is 1.22. The van der Waals surface area contributed by atoms with Crippen LogP contribution in [-0.4, -0.2) is 15.7 Å². The van der Waals surface area contributed by atoms with Gasteiger partial charge in [-0.15, -0.1) is 0 Å². The zero-order chi connectivity index (χ0) is 17.1. The monoisotopic (exact) mass is 321 g/mol. The van der Waals surface area contributed by atoms with Gasteiger partial charge in [0, 0.05) is 11.1 Å². The van der Waals surface area contributed by atoms with E-state index in [1.807, 2.05) is 49.4 Å². The van der Waals surface area contributed by atoms with Crippen LogP contribution < -0.4 is 10.9 Å². The molecule has 0 saturated heterocycles. The Kier molecular flexibility index (Phi) is 4.42. The molecule has 1 N–H and O–H groups in total. The lowest BCUT2D eigenvalue weighted by Gasteiger charge is -2.09. The van der Waals surface area contributed by atoms with Crippen molar-refractivity contribution in [3.8, 4) is 0 Å². The molecule has 0 aliphatic rings. The van der Waals surface area contributed by atoms with E-state index < -0.39 is 0 Å². The van der Waals surface area contributed by atoms with E-state index in [2.05, 4.69) is 17.3 Å². The molecule has 0 aliphatic heterocycles. The van der Waals surface area contributed by atoms with Gasteiger partial charge in [0.25, 0.3) is 5.56 Å². The van der Waals surface area contributed by atoms with Gasteiger partial charge in [-0.3, -0.25) is 9.59 Å². The van der Waals surface area contributed by atoms with Crippen LogP contribution in [0.15, 0.2) is 53.3 Å². The first kappa shape index (κ1) is 15.9. The van der Waals surface area contributed by atoms with Crippen molar-refractivity contribution in [3.63, 3.8) is 0 Å². The third-order valence-electron chi connectivity index (χ3n) is 3.99. The van der Waals surface area contributed by atoms with Crippen molar-refractivity contribution in [2.75, 3.05) is 5.32 Å². The van der Waals surface area contributed by atoms with Crippen molar-refractivity contribution in [1.29, 1.82) is 0 Å². The Labute approximate surface area is 139 Å². The molecule has 2 aromatic carbocycles. The Morgan fingerprint density at radius 3 is 2.42 bits per heavy atom. The maximum absolute atomic E-state index is 12.5. The van der Waals surface area contributed by atoms with Gasteiger partial charge >= 0.3 is 0 Å². The zero-order valence-electron chi connectivity index (χ0n) is 13.7. The molecule has 24 heavy (non-hydrogen) atoms. The number of carbonyl (C=O) groups excluding carboxylic acids is 1. The number of nitrogens with zero attached hydrogens (tertiary/aromatic N) is 2. The van der Waals surface area contributed by atoms with Crippen LogP contribution in [0.2, 0.25) is 0 Å². The van der Waals surface area contributed by atoms with E-state index in [1.54, 1.807) is 6.07 Å². The number of hydrogen-bond donors (Lipinski definition) is 1. The Morgan fingerprint density at radius 1 is 1.08 bits per heavy atom. The maximum atomic E-state index is 12.5. The van der Waals surface area contributed by atoms with Crippen LogP contribution in [0.1, 0.15) is 18.2 Å². The van der Waals surface area contributed by atoms with Crippen LogP contribution in [0.4, 0.5) is 5.69 Å². The second kappa shape index (κ2) is 6.66. The molecule has 1 aromatic heterocycles. The predicted octanol–water partition coefficient (Wildman–Crippen LogP) is 2.91. The molecule has 0 spiro atoms. The van der Waals surface area contributed by atoms with E-state index in [0.717, 1.165) is 17.5 Å². The van der Waals surface area contributed by atoms with Crippen molar-refractivity contribution in [3.05, 3.63) is 70.1 Å². The van der Waals surface area contributed by atoms with Gasteiger partial charge in [-0.25, -0.2) is 4.68 Å². The lowest BCUT2D eigenvalue weighted by Crippen LogP contribution is -2.30. The predicted molar refractivity (Wildman–Crippen MR) is 95.2 cm³/mol. The molecule has 0 radical (unpaired) electrons. The third-order valence-corrected chi connectivity index (χ3v) is 3.99. The first-order valence-corrected chi connectivity index (χ1v) is 7.93. The lowest BCUT2D eigenvalue weighted by molar-refractivity contribution is -0.117. The minimum atomic E-state index is -0.275. The minimum Gasteiger partial charge on any atom is -0.324 e. The van der Waals surface area contributed by atoms with Crippen LogP contribution in [0.5, 0.6) is 0 Å². The van der Waals surface area contributed by atoms with Crippen LogP contribution in [0, 0.1) is 6.92 Å². The van der Waals surface area contributed by atoms with Gasteiger partial charge in [-0.05, 0) is 37.1 Å². The van der Waals surface area contributed by atoms with Crippen LogP contribution in [0.25, 0.3) is 10.8 Å². The molecule has 0 atom stereocenters. The quantitative estimate of drug-likeness (QED) is 0.803. The average Bonchev–Trinajstić information content (AvgIpc) is 2.60. The molecule has 3 rings (SSSR count). The van der Waals surface area contributed by atoms with Gasteiger partial charge in [0.15, 0.2) is 0 Å². The molecule has 3 aromatic rings. The first-order valence-electron chi connectivity index (χ1n) is 7.93. The average molecular weight is 321 g/mol. The molecular weight excluding hydrogens is 302 g/mol. The van der Waals surface area contributed by atoms with Crippen LogP contribution in [-0.2, 0) is 17.8 Å². The maximum Gasteiger partial charge on any atom is 0.275 e. The number of aryl methyl sites for hydroxylation is 2. The van der Waals surface area contributed by atoms with Crippen molar-refractivity contribution >= 4 is 22.4 Å². The van der Waals surface area contributed by atoms with E-state index >= 15 is 0 Å². The number of amides is 1. The van der Waals surface area contributed by atoms with E-state index in [4.69, 9.17) is 0 Å². The van der Waals surface area contributed by atoms with Crippen LogP contribution >= 0.6 is 0 Å². The summed E-state index contributed by atoms with van der Waals surface area (Å²) in [5, 5.41) is 8.44. The summed E-state index contributed by atoms with van der Waals surface area (Å²) in [6.07, 6.45) is 0.948. The van der Waals surface area contributed by atoms with Gasteiger partial charge in [0.2, 0.25) is 5.91 Å². The van der Waals surface area contributed by atoms with Crippen molar-refractivity contribution in [2.24, 2.45) is 0 Å². The smallest absolute Gasteiger partial charge is 0.275 e. The molecule has 122 valence electrons. The fraction of sp³-hybridized carbons (Fsp3) is 0.211. The standard InChI is InChI=1S/C19H19N3O2/c1-3-14-8-10-15(11-9-14)20-18(23)12-22-19(24)17-7-5-4-6-16(17)13(2)21-22/h4-11H,3,12H2,1-2H3,(H,20,23). The molecular formula is C19H19N3O2. The number of rotatable bonds is 4. The molecule has 1 amide bonds. The van der Waals surface area contributed by atoms with Gasteiger partial charge in [-0.2, -0.15) is 5.10 Å². The largest absolute Gasteiger partial charge is 0.324 e. The molecule has 1 heterocycles. The highest BCUT2D eigenvalue weighted by Crippen LogP contribution is 2.12. The normalized spacial score (nSPS) is 10.8. The topological polar surface area (TPSA) is 64.0 Å². The summed E-state index contributed by atoms with van der Waals surface area (Å²) >= 11 is 0. The molecule has 5 nitrogen and oxygen atoms in total. The van der Waals surface area contributed by atoms with Gasteiger partial charge in [0.1, 0.15) is 6.54 Å². The van der Waals surface area contributed by atoms with E-state index in [1.165, 1.54) is 10.2 Å². The third kappa shape index (κ3) is 3.20. The van der Waals surface area contributed by atoms with Gasteiger partial charge in [-0.1, -0.05) is 37.3 Å². The number of benzene rings is 2. The van der Waals surface area contributed by atoms with Crippen LogP contribution in [0.3, 0.4) is 0 Å². The summed E-state index contributed by atoms with van der Waals surface area (Å²) in [7, 11) is 0. The molecule has 0 saturated carbocycles. The molecule has 5 heteroatoms. The Balaban J connectivity index is 1.82. The summed E-state index contributed by atoms with van der Waals surface area (Å²) in [6, 6.07) is 15.0. The highest BCUT2D eigenvalue weighted by molar-refractivity contribution is 5.91. The number of anilines is 1. The fourth-order valence-electron chi connectivity index (χ4n) is 2.67. The number of hydrogen-bond acceptors (Lipinski definition) is 3. The van der Waals surface area contributed by atoms with E-state index in [0.29, 0.717) is 11.1 Å². The summed E-state index contributed by atoms with van der Waals surface area (Å²) in [4.78, 5) is 24.7. The highest BCUT2D eigenvalue weighted by Gasteiger charge is 2.11. The lowest BCUT2D eigenvalue weighted by atomic mass is 10.1. The number of carbonyl (C=O) groups is 1. The van der Waals surface area contributed by atoms with Gasteiger partial charge < -0.3 is 5.32 Å². The Morgan fingerprint density at radius 2 is 1.75 bits per heavy atom. The summed E-state index contributed by atoms with van der Waals surface area (Å²) in [5.41, 5.74) is 2.39. The molecule has 0 fully saturated rings. The molecule has 0 bridgehead atoms. The van der Waals surface area contributed by atoms with Crippen molar-refractivity contribution in [2.45, 2.75) is 26.8 Å². The number of nitrogens with one attached hydrogen (secondary N) is 1. The van der Waals surface area contributed by atoms with Crippen molar-refractivity contribution < 1.29 is 4.79 Å². The summed E-state index contributed by atoms with van der Waals surface area (Å²) in [5.74, 6) is -0.275. The summed E-state index contributed by atoms with van der Waals surface area (Å²) in [6.45, 7) is 3.80. The van der Waals surface area contributed by atoms with Gasteiger partial charge in [0.05, 0.1) is 11.1 Å². The Hall–Kier alpha value is -2.95. The highest BCUT2D eigenvalue weighted by atomic mass is 16.2. The van der Waals surface area contributed by atoms with Crippen molar-refractivity contribution in [1.82, 2.24) is 9.78 Å². The second-order valence-electron chi connectivity index (χ2n) is 5.69. The first-order chi connectivity index (χ1) is 11.6. The number of aromatic nitrogens is 2. The fourth-order valence-corrected chi connectivity index (χ4v) is 2.67.